The van der Waals surface area contributed by atoms with Crippen LogP contribution in [0.25, 0.3) is 21.9 Å². The summed E-state index contributed by atoms with van der Waals surface area (Å²) in [7, 11) is 3.81. The molecule has 5 rings (SSSR count). The van der Waals surface area contributed by atoms with E-state index in [0.717, 1.165) is 16.4 Å². The number of rotatable bonds is 5. The molecule has 2 aliphatic rings. The van der Waals surface area contributed by atoms with Gasteiger partial charge in [-0.2, -0.15) is 0 Å². The van der Waals surface area contributed by atoms with Gasteiger partial charge in [0, 0.05) is 20.1 Å². The minimum absolute atomic E-state index is 0.125. The van der Waals surface area contributed by atoms with Crippen molar-refractivity contribution in [3.05, 3.63) is 28.5 Å². The van der Waals surface area contributed by atoms with Crippen molar-refractivity contribution in [3.8, 4) is 10.7 Å². The Labute approximate surface area is 186 Å². The van der Waals surface area contributed by atoms with Crippen LogP contribution in [0.1, 0.15) is 6.42 Å². The van der Waals surface area contributed by atoms with Gasteiger partial charge < -0.3 is 20.9 Å². The molecule has 156 valence electrons. The Hall–Kier alpha value is -2.36. The number of hydrogen-bond donors (Lipinski definition) is 3. The maximum Gasteiger partial charge on any atom is 0.223 e. The van der Waals surface area contributed by atoms with Crippen molar-refractivity contribution in [1.82, 2.24) is 19.9 Å². The first-order valence-electron chi connectivity index (χ1n) is 9.46. The molecule has 1 saturated carbocycles. The molecule has 3 aromatic rings. The molecule has 0 saturated heterocycles. The van der Waals surface area contributed by atoms with Crippen molar-refractivity contribution in [3.63, 3.8) is 0 Å². The average Bonchev–Trinajstić information content (AvgIpc) is 3.45. The molecule has 2 bridgehead atoms. The van der Waals surface area contributed by atoms with E-state index in [9.17, 15) is 4.79 Å². The van der Waals surface area contributed by atoms with Gasteiger partial charge in [0.25, 0.3) is 0 Å². The van der Waals surface area contributed by atoms with Gasteiger partial charge in [-0.15, -0.1) is 0 Å². The maximum absolute atomic E-state index is 12.1. The van der Waals surface area contributed by atoms with Crippen LogP contribution >= 0.6 is 34.5 Å². The van der Waals surface area contributed by atoms with E-state index in [1.54, 1.807) is 6.20 Å². The highest BCUT2D eigenvalue weighted by Crippen LogP contribution is 2.46. The molecule has 11 heteroatoms. The van der Waals surface area contributed by atoms with Crippen LogP contribution in [0.5, 0.6) is 0 Å². The average molecular weight is 464 g/mol. The summed E-state index contributed by atoms with van der Waals surface area (Å²) < 4.78 is 0. The number of H-pyrrole nitrogens is 1. The number of carbonyl (C=O) groups is 1. The van der Waals surface area contributed by atoms with Gasteiger partial charge in [-0.1, -0.05) is 46.7 Å². The molecule has 3 aromatic heterocycles. The lowest BCUT2D eigenvalue weighted by Crippen LogP contribution is -2.41. The number of carbonyl (C=O) groups excluding carboxylic acids is 1. The van der Waals surface area contributed by atoms with Gasteiger partial charge in [0.05, 0.1) is 22.8 Å². The normalized spacial score (nSPS) is 24.7. The molecule has 0 spiro atoms. The number of anilines is 2. The van der Waals surface area contributed by atoms with Crippen LogP contribution in [0.2, 0.25) is 10.2 Å². The summed E-state index contributed by atoms with van der Waals surface area (Å²) in [6.45, 7) is 0. The fourth-order valence-corrected chi connectivity index (χ4v) is 5.74. The Morgan fingerprint density at radius 2 is 2.07 bits per heavy atom. The summed E-state index contributed by atoms with van der Waals surface area (Å²) in [4.78, 5) is 31.3. The molecule has 4 atom stereocenters. The first kappa shape index (κ1) is 19.6. The van der Waals surface area contributed by atoms with E-state index in [4.69, 9.17) is 28.9 Å². The highest BCUT2D eigenvalue weighted by atomic mass is 35.5. The maximum atomic E-state index is 12.1. The molecule has 4 N–H and O–H groups in total. The topological polar surface area (TPSA) is 113 Å². The number of aromatic amines is 1. The number of nitrogens with one attached hydrogen (secondary N) is 2. The van der Waals surface area contributed by atoms with Crippen molar-refractivity contribution in [2.45, 2.75) is 12.5 Å². The van der Waals surface area contributed by atoms with E-state index in [0.29, 0.717) is 32.9 Å². The van der Waals surface area contributed by atoms with E-state index >= 15 is 0 Å². The second-order valence-corrected chi connectivity index (χ2v) is 9.57. The van der Waals surface area contributed by atoms with Gasteiger partial charge in [0.2, 0.25) is 5.91 Å². The van der Waals surface area contributed by atoms with Gasteiger partial charge in [0.1, 0.15) is 10.4 Å². The van der Waals surface area contributed by atoms with Crippen LogP contribution in [-0.2, 0) is 4.79 Å². The van der Waals surface area contributed by atoms with Gasteiger partial charge >= 0.3 is 0 Å². The number of pyridine rings is 1. The third-order valence-corrected chi connectivity index (χ3v) is 7.65. The number of thiazole rings is 1. The Bertz CT molecular complexity index is 1190. The molecule has 0 radical (unpaired) electrons. The minimum Gasteiger partial charge on any atom is -0.378 e. The highest BCUT2D eigenvalue weighted by molar-refractivity contribution is 7.19. The monoisotopic (exact) mass is 463 g/mol. The van der Waals surface area contributed by atoms with Crippen molar-refractivity contribution in [2.24, 2.45) is 23.5 Å². The zero-order chi connectivity index (χ0) is 21.2. The summed E-state index contributed by atoms with van der Waals surface area (Å²) >= 11 is 14.3. The molecule has 0 unspecified atom stereocenters. The Balaban J connectivity index is 1.56. The molecule has 0 aliphatic heterocycles. The molecule has 3 heterocycles. The van der Waals surface area contributed by atoms with Crippen LogP contribution in [0.3, 0.4) is 0 Å². The first-order valence-corrected chi connectivity index (χ1v) is 11.0. The SMILES string of the molecule is CN(C)c1nc(Cl)c(-c2nc3ncc(Cl)c(N[C@H]4[C@@H](C(N)=O)[C@@H]5C=C[C@H]4C5)c3[nH]2)s1. The van der Waals surface area contributed by atoms with Crippen molar-refractivity contribution in [2.75, 3.05) is 24.3 Å². The highest BCUT2D eigenvalue weighted by Gasteiger charge is 2.47. The number of imidazole rings is 1. The number of amides is 1. The molecule has 8 nitrogen and oxygen atoms in total. The first-order chi connectivity index (χ1) is 14.3. The lowest BCUT2D eigenvalue weighted by molar-refractivity contribution is -0.122. The summed E-state index contributed by atoms with van der Waals surface area (Å²) in [6, 6.07) is -0.125. The quantitative estimate of drug-likeness (QED) is 0.498. The summed E-state index contributed by atoms with van der Waals surface area (Å²) in [5.74, 6) is 0.383. The number of aromatic nitrogens is 4. The van der Waals surface area contributed by atoms with Crippen molar-refractivity contribution < 1.29 is 4.79 Å². The molecule has 0 aromatic carbocycles. The van der Waals surface area contributed by atoms with Crippen LogP contribution in [-0.4, -0.2) is 46.0 Å². The van der Waals surface area contributed by atoms with Gasteiger partial charge in [-0.25, -0.2) is 15.0 Å². The van der Waals surface area contributed by atoms with E-state index in [-0.39, 0.29) is 29.7 Å². The number of fused-ring (bicyclic) bond motifs is 3. The zero-order valence-electron chi connectivity index (χ0n) is 16.2. The van der Waals surface area contributed by atoms with Crippen molar-refractivity contribution >= 4 is 62.4 Å². The van der Waals surface area contributed by atoms with Gasteiger partial charge in [0.15, 0.2) is 21.8 Å². The standard InChI is InChI=1S/C19H19Cl2N7OS/c1-28(2)19-26-15(21)14(30-19)18-25-13-12(9(20)6-23-17(13)27-18)24-11-8-4-3-7(5-8)10(11)16(22)29/h3-4,6-8,10-11H,5H2,1-2H3,(H2,22,29)(H2,23,24,25,27)/t7-,8+,10+,11-/m1/s1. The van der Waals surface area contributed by atoms with E-state index in [1.165, 1.54) is 11.3 Å². The summed E-state index contributed by atoms with van der Waals surface area (Å²) in [6.07, 6.45) is 6.70. The number of nitrogens with two attached hydrogens (primary N) is 1. The largest absolute Gasteiger partial charge is 0.378 e. The Morgan fingerprint density at radius 3 is 2.77 bits per heavy atom. The Morgan fingerprint density at radius 1 is 1.30 bits per heavy atom. The second-order valence-electron chi connectivity index (χ2n) is 7.82. The van der Waals surface area contributed by atoms with Crippen LogP contribution in [0.15, 0.2) is 18.3 Å². The third kappa shape index (κ3) is 3.03. The molecule has 2 aliphatic carbocycles. The molecular formula is C19H19Cl2N7OS. The number of primary amides is 1. The van der Waals surface area contributed by atoms with Gasteiger partial charge in [-0.3, -0.25) is 4.79 Å². The molecule has 30 heavy (non-hydrogen) atoms. The van der Waals surface area contributed by atoms with Crippen LogP contribution < -0.4 is 16.0 Å². The summed E-state index contributed by atoms with van der Waals surface area (Å²) in [5.41, 5.74) is 7.52. The minimum atomic E-state index is -0.302. The molecule has 1 amide bonds. The predicted molar refractivity (Wildman–Crippen MR) is 120 cm³/mol. The molecule has 1 fully saturated rings. The lowest BCUT2D eigenvalue weighted by Gasteiger charge is -2.28. The second kappa shape index (κ2) is 7.11. The fourth-order valence-electron chi connectivity index (χ4n) is 4.38. The third-order valence-electron chi connectivity index (χ3n) is 5.74. The lowest BCUT2D eigenvalue weighted by atomic mass is 9.88. The number of hydrogen-bond acceptors (Lipinski definition) is 7. The number of halogens is 2. The van der Waals surface area contributed by atoms with Crippen LogP contribution in [0.4, 0.5) is 10.8 Å². The van der Waals surface area contributed by atoms with Gasteiger partial charge in [-0.05, 0) is 18.3 Å². The van der Waals surface area contributed by atoms with Crippen LogP contribution in [0, 0.1) is 17.8 Å². The fraction of sp³-hybridized carbons (Fsp3) is 0.368. The van der Waals surface area contributed by atoms with E-state index in [2.05, 4.69) is 37.4 Å². The van der Waals surface area contributed by atoms with E-state index in [1.807, 2.05) is 19.0 Å². The summed E-state index contributed by atoms with van der Waals surface area (Å²) in [5, 5.41) is 5.06. The zero-order valence-corrected chi connectivity index (χ0v) is 18.5. The Kier molecular flexibility index (Phi) is 4.64. The number of nitrogens with zero attached hydrogens (tertiary/aromatic N) is 4. The molecular weight excluding hydrogens is 445 g/mol. The van der Waals surface area contributed by atoms with E-state index < -0.39 is 0 Å². The smallest absolute Gasteiger partial charge is 0.223 e. The van der Waals surface area contributed by atoms with Crippen molar-refractivity contribution in [1.29, 1.82) is 0 Å². The number of allylic oxidation sites excluding steroid dienone is 1. The predicted octanol–water partition coefficient (Wildman–Crippen LogP) is 3.54.